The van der Waals surface area contributed by atoms with Crippen molar-refractivity contribution in [3.05, 3.63) is 101 Å². The molecule has 138 valence electrons. The molecule has 0 saturated carbocycles. The van der Waals surface area contributed by atoms with Gasteiger partial charge < -0.3 is 4.90 Å². The lowest BCUT2D eigenvalue weighted by atomic mass is 10.0. The summed E-state index contributed by atoms with van der Waals surface area (Å²) in [6.45, 7) is 9.76. The molecule has 0 aliphatic carbocycles. The highest BCUT2D eigenvalue weighted by Gasteiger charge is 2.36. The smallest absolute Gasteiger partial charge is 0.155 e. The Labute approximate surface area is 163 Å². The number of quaternary nitrogens is 1. The molecule has 1 aliphatic rings. The van der Waals surface area contributed by atoms with E-state index in [2.05, 4.69) is 97.6 Å². The van der Waals surface area contributed by atoms with Crippen LogP contribution in [0.3, 0.4) is 0 Å². The van der Waals surface area contributed by atoms with Gasteiger partial charge in [-0.15, -0.1) is 0 Å². The van der Waals surface area contributed by atoms with Crippen LogP contribution >= 0.6 is 0 Å². The van der Waals surface area contributed by atoms with Crippen molar-refractivity contribution in [1.82, 2.24) is 0 Å². The Kier molecular flexibility index (Phi) is 5.00. The van der Waals surface area contributed by atoms with Gasteiger partial charge >= 0.3 is 0 Å². The van der Waals surface area contributed by atoms with E-state index in [0.29, 0.717) is 0 Å². The van der Waals surface area contributed by atoms with E-state index in [1.54, 1.807) is 0 Å². The maximum Gasteiger partial charge on any atom is 0.155 e. The highest BCUT2D eigenvalue weighted by molar-refractivity contribution is 5.55. The third-order valence-corrected chi connectivity index (χ3v) is 5.66. The molecule has 1 heterocycles. The average molecular weight is 358 g/mol. The van der Waals surface area contributed by atoms with E-state index in [4.69, 9.17) is 0 Å². The molecule has 0 aromatic heterocycles. The lowest BCUT2D eigenvalue weighted by Crippen LogP contribution is -2.55. The van der Waals surface area contributed by atoms with Crippen molar-refractivity contribution in [3.8, 4) is 0 Å². The van der Waals surface area contributed by atoms with Crippen LogP contribution in [0, 0.1) is 6.92 Å². The molecule has 0 amide bonds. The van der Waals surface area contributed by atoms with Crippen LogP contribution in [0.2, 0.25) is 0 Å². The summed E-state index contributed by atoms with van der Waals surface area (Å²) in [4.78, 5) is 2.56. The zero-order valence-electron chi connectivity index (χ0n) is 16.4. The predicted molar refractivity (Wildman–Crippen MR) is 113 cm³/mol. The third kappa shape index (κ3) is 3.91. The summed E-state index contributed by atoms with van der Waals surface area (Å²) >= 11 is 0. The van der Waals surface area contributed by atoms with Crippen LogP contribution in [-0.2, 0) is 19.6 Å². The highest BCUT2D eigenvalue weighted by Crippen LogP contribution is 2.35. The number of hydrogen-bond acceptors (Lipinski definition) is 1. The summed E-state index contributed by atoms with van der Waals surface area (Å²) in [6.07, 6.45) is 0. The minimum Gasteiger partial charge on any atom is -0.325 e. The summed E-state index contributed by atoms with van der Waals surface area (Å²) in [5, 5.41) is 0. The van der Waals surface area contributed by atoms with Gasteiger partial charge in [0.2, 0.25) is 0 Å². The SMILES string of the molecule is CCN1C[N+](Cc2ccccc2)(Cc2ccccc2)Cc2cc(C)ccc21. The predicted octanol–water partition coefficient (Wildman–Crippen LogP) is 5.51. The second-order valence-electron chi connectivity index (χ2n) is 7.92. The number of anilines is 1. The Morgan fingerprint density at radius 1 is 0.815 bits per heavy atom. The molecule has 0 bridgehead atoms. The zero-order chi connectivity index (χ0) is 18.7. The fraction of sp³-hybridized carbons (Fsp3) is 0.280. The largest absolute Gasteiger partial charge is 0.325 e. The average Bonchev–Trinajstić information content (AvgIpc) is 2.68. The first kappa shape index (κ1) is 17.8. The molecule has 1 aliphatic heterocycles. The van der Waals surface area contributed by atoms with Gasteiger partial charge in [0, 0.05) is 28.9 Å². The number of benzene rings is 3. The Balaban J connectivity index is 1.75. The topological polar surface area (TPSA) is 3.24 Å². The van der Waals surface area contributed by atoms with Gasteiger partial charge in [-0.3, -0.25) is 4.48 Å². The fourth-order valence-corrected chi connectivity index (χ4v) is 4.48. The van der Waals surface area contributed by atoms with Crippen LogP contribution in [0.1, 0.15) is 29.2 Å². The number of nitrogens with zero attached hydrogens (tertiary/aromatic N) is 2. The Hall–Kier alpha value is -2.58. The maximum atomic E-state index is 2.56. The number of hydrogen-bond donors (Lipinski definition) is 0. The summed E-state index contributed by atoms with van der Waals surface area (Å²) in [5.41, 5.74) is 7.08. The molecule has 4 rings (SSSR count). The van der Waals surface area contributed by atoms with Crippen LogP contribution in [0.25, 0.3) is 0 Å². The second-order valence-corrected chi connectivity index (χ2v) is 7.92. The van der Waals surface area contributed by atoms with Crippen LogP contribution in [0.5, 0.6) is 0 Å². The normalized spacial score (nSPS) is 15.4. The van der Waals surface area contributed by atoms with E-state index in [0.717, 1.165) is 37.3 Å². The molecule has 2 heteroatoms. The molecule has 2 nitrogen and oxygen atoms in total. The van der Waals surface area contributed by atoms with Crippen molar-refractivity contribution < 1.29 is 4.48 Å². The summed E-state index contributed by atoms with van der Waals surface area (Å²) in [6, 6.07) is 28.9. The molecule has 0 atom stereocenters. The molecule has 0 fully saturated rings. The quantitative estimate of drug-likeness (QED) is 0.544. The van der Waals surface area contributed by atoms with Gasteiger partial charge in [-0.2, -0.15) is 0 Å². The van der Waals surface area contributed by atoms with E-state index in [9.17, 15) is 0 Å². The van der Waals surface area contributed by atoms with Crippen molar-refractivity contribution in [3.63, 3.8) is 0 Å². The third-order valence-electron chi connectivity index (χ3n) is 5.66. The first-order chi connectivity index (χ1) is 13.2. The van der Waals surface area contributed by atoms with Crippen LogP contribution in [-0.4, -0.2) is 17.7 Å². The molecule has 0 N–H and O–H groups in total. The highest BCUT2D eigenvalue weighted by atomic mass is 15.5. The monoisotopic (exact) mass is 357 g/mol. The minimum absolute atomic E-state index is 1.04. The van der Waals surface area contributed by atoms with Crippen LogP contribution < -0.4 is 4.90 Å². The summed E-state index contributed by atoms with van der Waals surface area (Å²) < 4.78 is 1.04. The molecule has 3 aromatic rings. The lowest BCUT2D eigenvalue weighted by Gasteiger charge is -2.47. The van der Waals surface area contributed by atoms with Crippen molar-refractivity contribution in [2.75, 3.05) is 18.1 Å². The Morgan fingerprint density at radius 2 is 1.41 bits per heavy atom. The van der Waals surface area contributed by atoms with Crippen molar-refractivity contribution >= 4 is 5.69 Å². The van der Waals surface area contributed by atoms with Gasteiger partial charge in [-0.05, 0) is 26.0 Å². The van der Waals surface area contributed by atoms with Crippen molar-refractivity contribution in [1.29, 1.82) is 0 Å². The zero-order valence-corrected chi connectivity index (χ0v) is 16.4. The first-order valence-corrected chi connectivity index (χ1v) is 9.95. The van der Waals surface area contributed by atoms with Crippen LogP contribution in [0.15, 0.2) is 78.9 Å². The molecule has 3 aromatic carbocycles. The van der Waals surface area contributed by atoms with Gasteiger partial charge in [0.15, 0.2) is 6.67 Å². The number of aryl methyl sites for hydroxylation is 1. The maximum absolute atomic E-state index is 2.56. The van der Waals surface area contributed by atoms with E-state index in [1.165, 1.54) is 27.9 Å². The van der Waals surface area contributed by atoms with Gasteiger partial charge in [0.05, 0.1) is 0 Å². The van der Waals surface area contributed by atoms with Crippen LogP contribution in [0.4, 0.5) is 5.69 Å². The van der Waals surface area contributed by atoms with Gasteiger partial charge in [0.1, 0.15) is 19.6 Å². The van der Waals surface area contributed by atoms with E-state index in [1.807, 2.05) is 0 Å². The molecular formula is C25H29N2+. The molecule has 0 unspecified atom stereocenters. The Bertz CT molecular complexity index is 845. The van der Waals surface area contributed by atoms with Gasteiger partial charge in [-0.1, -0.05) is 72.3 Å². The first-order valence-electron chi connectivity index (χ1n) is 9.95. The molecule has 27 heavy (non-hydrogen) atoms. The van der Waals surface area contributed by atoms with Gasteiger partial charge in [0.25, 0.3) is 0 Å². The second kappa shape index (κ2) is 7.58. The molecule has 0 radical (unpaired) electrons. The number of fused-ring (bicyclic) bond motifs is 1. The minimum atomic E-state index is 1.04. The van der Waals surface area contributed by atoms with Crippen molar-refractivity contribution in [2.24, 2.45) is 0 Å². The summed E-state index contributed by atoms with van der Waals surface area (Å²) in [7, 11) is 0. The fourth-order valence-electron chi connectivity index (χ4n) is 4.48. The lowest BCUT2D eigenvalue weighted by molar-refractivity contribution is -0.967. The Morgan fingerprint density at radius 3 is 1.96 bits per heavy atom. The molecule has 0 spiro atoms. The number of rotatable bonds is 5. The molecule has 0 saturated heterocycles. The van der Waals surface area contributed by atoms with E-state index >= 15 is 0 Å². The van der Waals surface area contributed by atoms with Gasteiger partial charge in [-0.25, -0.2) is 0 Å². The summed E-state index contributed by atoms with van der Waals surface area (Å²) in [5.74, 6) is 0. The standard InChI is InChI=1S/C25H29N2/c1-3-26-20-27(17-22-10-6-4-7-11-22,18-23-12-8-5-9-13-23)19-24-16-21(2)14-15-25(24)26/h4-16H,3,17-20H2,1-2H3/q+1. The van der Waals surface area contributed by atoms with E-state index < -0.39 is 0 Å². The van der Waals surface area contributed by atoms with Crippen molar-refractivity contribution in [2.45, 2.75) is 33.5 Å². The van der Waals surface area contributed by atoms with E-state index in [-0.39, 0.29) is 0 Å². The molecular weight excluding hydrogens is 328 g/mol.